The normalized spacial score (nSPS) is 13.1. The van der Waals surface area contributed by atoms with Crippen molar-refractivity contribution in [2.45, 2.75) is 19.5 Å². The molecule has 1 aromatic carbocycles. The highest BCUT2D eigenvalue weighted by Crippen LogP contribution is 2.14. The van der Waals surface area contributed by atoms with Gasteiger partial charge in [-0.1, -0.05) is 0 Å². The van der Waals surface area contributed by atoms with E-state index in [0.717, 1.165) is 18.2 Å². The van der Waals surface area contributed by atoms with Crippen molar-refractivity contribution in [3.63, 3.8) is 0 Å². The van der Waals surface area contributed by atoms with Crippen molar-refractivity contribution < 1.29 is 9.50 Å². The zero-order valence-corrected chi connectivity index (χ0v) is 10.00. The van der Waals surface area contributed by atoms with Crippen molar-refractivity contribution >= 4 is 0 Å². The summed E-state index contributed by atoms with van der Waals surface area (Å²) in [5.41, 5.74) is 0.753. The lowest BCUT2D eigenvalue weighted by atomic mass is 10.2. The lowest BCUT2D eigenvalue weighted by Gasteiger charge is -2.18. The summed E-state index contributed by atoms with van der Waals surface area (Å²) in [5, 5.41) is 12.5. The van der Waals surface area contributed by atoms with Gasteiger partial charge in [0.2, 0.25) is 0 Å². The first-order valence-corrected chi connectivity index (χ1v) is 5.34. The highest BCUT2D eigenvalue weighted by Gasteiger charge is 2.04. The summed E-state index contributed by atoms with van der Waals surface area (Å²) in [5.74, 6) is -0.436. The molecule has 2 N–H and O–H groups in total. The molecule has 1 rings (SSSR count). The quantitative estimate of drug-likeness (QED) is 0.800. The highest BCUT2D eigenvalue weighted by molar-refractivity contribution is 5.28. The summed E-state index contributed by atoms with van der Waals surface area (Å²) in [6, 6.07) is 4.42. The van der Waals surface area contributed by atoms with Crippen molar-refractivity contribution in [2.75, 3.05) is 20.6 Å². The van der Waals surface area contributed by atoms with Crippen molar-refractivity contribution in [3.05, 3.63) is 29.6 Å². The molecule has 0 aromatic heterocycles. The number of aromatic hydroxyl groups is 1. The summed E-state index contributed by atoms with van der Waals surface area (Å²) in [6.45, 7) is 3.54. The number of halogens is 1. The Morgan fingerprint density at radius 1 is 1.38 bits per heavy atom. The molecule has 0 amide bonds. The van der Waals surface area contributed by atoms with E-state index in [0.29, 0.717) is 12.6 Å². The molecular formula is C12H19FN2O. The van der Waals surface area contributed by atoms with Gasteiger partial charge in [-0.25, -0.2) is 4.39 Å². The number of benzene rings is 1. The number of nitrogens with one attached hydrogen (secondary N) is 1. The largest absolute Gasteiger partial charge is 0.508 e. The third-order valence-electron chi connectivity index (χ3n) is 2.24. The maximum atomic E-state index is 13.0. The Morgan fingerprint density at radius 2 is 2.06 bits per heavy atom. The van der Waals surface area contributed by atoms with Crippen LogP contribution in [0.5, 0.6) is 5.75 Å². The summed E-state index contributed by atoms with van der Waals surface area (Å²) < 4.78 is 13.0. The Balaban J connectivity index is 2.48. The first kappa shape index (κ1) is 12.9. The molecule has 0 saturated heterocycles. The monoisotopic (exact) mass is 226 g/mol. The first-order valence-electron chi connectivity index (χ1n) is 5.34. The third kappa shape index (κ3) is 4.59. The number of rotatable bonds is 5. The van der Waals surface area contributed by atoms with Crippen LogP contribution >= 0.6 is 0 Å². The zero-order valence-electron chi connectivity index (χ0n) is 10.00. The minimum atomic E-state index is -0.405. The van der Waals surface area contributed by atoms with Gasteiger partial charge in [0.1, 0.15) is 11.6 Å². The van der Waals surface area contributed by atoms with Gasteiger partial charge in [0, 0.05) is 25.2 Å². The molecule has 4 heteroatoms. The van der Waals surface area contributed by atoms with Crippen LogP contribution in [0.2, 0.25) is 0 Å². The molecule has 0 saturated carbocycles. The van der Waals surface area contributed by atoms with E-state index in [-0.39, 0.29) is 5.75 Å². The van der Waals surface area contributed by atoms with E-state index >= 15 is 0 Å². The molecule has 0 bridgehead atoms. The fourth-order valence-electron chi connectivity index (χ4n) is 1.64. The summed E-state index contributed by atoms with van der Waals surface area (Å²) in [7, 11) is 4.01. The Kier molecular flexibility index (Phi) is 4.71. The molecule has 0 spiro atoms. The maximum Gasteiger partial charge on any atom is 0.127 e. The van der Waals surface area contributed by atoms with Gasteiger partial charge in [-0.2, -0.15) is 0 Å². The standard InChI is InChI=1S/C12H19FN2O/c1-9(8-15(2)3)14-7-10-4-11(13)6-12(16)5-10/h4-6,9,14,16H,7-8H2,1-3H3. The van der Waals surface area contributed by atoms with Crippen molar-refractivity contribution in [1.82, 2.24) is 10.2 Å². The van der Waals surface area contributed by atoms with Crippen LogP contribution in [-0.4, -0.2) is 36.7 Å². The smallest absolute Gasteiger partial charge is 0.127 e. The van der Waals surface area contributed by atoms with E-state index in [2.05, 4.69) is 17.1 Å². The molecule has 0 aliphatic heterocycles. The molecule has 90 valence electrons. The highest BCUT2D eigenvalue weighted by atomic mass is 19.1. The van der Waals surface area contributed by atoms with Crippen molar-refractivity contribution in [2.24, 2.45) is 0 Å². The topological polar surface area (TPSA) is 35.5 Å². The number of hydrogen-bond acceptors (Lipinski definition) is 3. The van der Waals surface area contributed by atoms with Gasteiger partial charge >= 0.3 is 0 Å². The van der Waals surface area contributed by atoms with Gasteiger partial charge in [0.25, 0.3) is 0 Å². The minimum Gasteiger partial charge on any atom is -0.508 e. The average molecular weight is 226 g/mol. The molecule has 0 heterocycles. The van der Waals surface area contributed by atoms with E-state index in [4.69, 9.17) is 0 Å². The molecule has 0 aliphatic rings. The SMILES string of the molecule is CC(CN(C)C)NCc1cc(O)cc(F)c1. The zero-order chi connectivity index (χ0) is 12.1. The number of hydrogen-bond donors (Lipinski definition) is 2. The molecule has 0 radical (unpaired) electrons. The van der Waals surface area contributed by atoms with E-state index in [1.807, 2.05) is 14.1 Å². The predicted octanol–water partition coefficient (Wildman–Crippen LogP) is 1.57. The fourth-order valence-corrected chi connectivity index (χ4v) is 1.64. The Bertz CT molecular complexity index is 322. The van der Waals surface area contributed by atoms with Crippen LogP contribution in [0.3, 0.4) is 0 Å². The molecule has 0 aliphatic carbocycles. The van der Waals surface area contributed by atoms with Crippen molar-refractivity contribution in [3.8, 4) is 5.75 Å². The Hall–Kier alpha value is -1.13. The number of likely N-dealkylation sites (N-methyl/N-ethyl adjacent to an activating group) is 1. The first-order chi connectivity index (χ1) is 7.47. The maximum absolute atomic E-state index is 13.0. The average Bonchev–Trinajstić information content (AvgIpc) is 2.12. The van der Waals surface area contributed by atoms with E-state index in [1.54, 1.807) is 6.07 Å². The van der Waals surface area contributed by atoms with E-state index in [9.17, 15) is 9.50 Å². The van der Waals surface area contributed by atoms with Crippen molar-refractivity contribution in [1.29, 1.82) is 0 Å². The van der Waals surface area contributed by atoms with Gasteiger partial charge < -0.3 is 15.3 Å². The number of phenolic OH excluding ortho intramolecular Hbond substituents is 1. The number of nitrogens with zero attached hydrogens (tertiary/aromatic N) is 1. The van der Waals surface area contributed by atoms with Crippen LogP contribution < -0.4 is 5.32 Å². The summed E-state index contributed by atoms with van der Waals surface area (Å²) in [6.07, 6.45) is 0. The van der Waals surface area contributed by atoms with Gasteiger partial charge in [0.15, 0.2) is 0 Å². The molecule has 0 fully saturated rings. The second kappa shape index (κ2) is 5.82. The molecular weight excluding hydrogens is 207 g/mol. The van der Waals surface area contributed by atoms with Crippen LogP contribution in [0.15, 0.2) is 18.2 Å². The van der Waals surface area contributed by atoms with Crippen LogP contribution in [0.4, 0.5) is 4.39 Å². The summed E-state index contributed by atoms with van der Waals surface area (Å²) in [4.78, 5) is 2.08. The van der Waals surface area contributed by atoms with Crippen LogP contribution in [0.1, 0.15) is 12.5 Å². The Labute approximate surface area is 95.9 Å². The van der Waals surface area contributed by atoms with E-state index < -0.39 is 5.82 Å². The molecule has 1 aromatic rings. The lowest BCUT2D eigenvalue weighted by Crippen LogP contribution is -2.35. The summed E-state index contributed by atoms with van der Waals surface area (Å²) >= 11 is 0. The molecule has 16 heavy (non-hydrogen) atoms. The second-order valence-electron chi connectivity index (χ2n) is 4.36. The molecule has 1 unspecified atom stereocenters. The van der Waals surface area contributed by atoms with Gasteiger partial charge in [-0.15, -0.1) is 0 Å². The third-order valence-corrected chi connectivity index (χ3v) is 2.24. The van der Waals surface area contributed by atoms with Gasteiger partial charge in [-0.3, -0.25) is 0 Å². The second-order valence-corrected chi connectivity index (χ2v) is 4.36. The number of phenols is 1. The van der Waals surface area contributed by atoms with Gasteiger partial charge in [-0.05, 0) is 38.7 Å². The van der Waals surface area contributed by atoms with Gasteiger partial charge in [0.05, 0.1) is 0 Å². The molecule has 1 atom stereocenters. The van der Waals surface area contributed by atoms with Crippen LogP contribution in [0, 0.1) is 5.82 Å². The van der Waals surface area contributed by atoms with Crippen LogP contribution in [0.25, 0.3) is 0 Å². The van der Waals surface area contributed by atoms with Crippen LogP contribution in [-0.2, 0) is 6.54 Å². The van der Waals surface area contributed by atoms with E-state index in [1.165, 1.54) is 6.07 Å². The lowest BCUT2D eigenvalue weighted by molar-refractivity contribution is 0.349. The fraction of sp³-hybridized carbons (Fsp3) is 0.500. The molecule has 3 nitrogen and oxygen atoms in total. The minimum absolute atomic E-state index is 0.0305. The predicted molar refractivity (Wildman–Crippen MR) is 62.9 cm³/mol. The Morgan fingerprint density at radius 3 is 2.62 bits per heavy atom.